The number of hydrogen-bond acceptors (Lipinski definition) is 7. The molecule has 204 valence electrons. The molecular formula is C28H38BrNO7. The third-order valence-electron chi connectivity index (χ3n) is 7.06. The van der Waals surface area contributed by atoms with Gasteiger partial charge >= 0.3 is 6.09 Å². The summed E-state index contributed by atoms with van der Waals surface area (Å²) in [5, 5.41) is 20.4. The third-order valence-corrected chi connectivity index (χ3v) is 7.90. The summed E-state index contributed by atoms with van der Waals surface area (Å²) in [5.74, 6) is -3.95. The summed E-state index contributed by atoms with van der Waals surface area (Å²) in [6.45, 7) is 7.48. The van der Waals surface area contributed by atoms with Gasteiger partial charge in [0.1, 0.15) is 11.7 Å². The molecule has 0 saturated carbocycles. The summed E-state index contributed by atoms with van der Waals surface area (Å²) in [4.78, 5) is 41.4. The van der Waals surface area contributed by atoms with Crippen LogP contribution in [0.5, 0.6) is 0 Å². The molecule has 0 bridgehead atoms. The molecule has 1 saturated heterocycles. The summed E-state index contributed by atoms with van der Waals surface area (Å²) in [7, 11) is 0. The predicted octanol–water partition coefficient (Wildman–Crippen LogP) is 4.51. The lowest BCUT2D eigenvalue weighted by Crippen LogP contribution is -2.55. The average molecular weight is 581 g/mol. The Hall–Kier alpha value is -2.07. The molecule has 3 rings (SSSR count). The van der Waals surface area contributed by atoms with Crippen LogP contribution in [0.15, 0.2) is 40.9 Å². The van der Waals surface area contributed by atoms with E-state index in [1.165, 1.54) is 6.08 Å². The van der Waals surface area contributed by atoms with Gasteiger partial charge in [-0.2, -0.15) is 0 Å². The fourth-order valence-corrected chi connectivity index (χ4v) is 5.91. The van der Waals surface area contributed by atoms with E-state index in [0.29, 0.717) is 12.8 Å². The van der Waals surface area contributed by atoms with Gasteiger partial charge in [0.2, 0.25) is 5.91 Å². The Kier molecular flexibility index (Phi) is 9.72. The van der Waals surface area contributed by atoms with E-state index in [-0.39, 0.29) is 29.8 Å². The number of carbonyl (C=O) groups is 3. The molecule has 8 nitrogen and oxygen atoms in total. The van der Waals surface area contributed by atoms with Crippen molar-refractivity contribution in [3.05, 3.63) is 46.5 Å². The zero-order chi connectivity index (χ0) is 27.4. The van der Waals surface area contributed by atoms with Crippen molar-refractivity contribution in [1.29, 1.82) is 0 Å². The molecule has 1 aromatic rings. The number of nitrogens with zero attached hydrogens (tertiary/aromatic N) is 1. The number of rotatable bonds is 11. The van der Waals surface area contributed by atoms with Crippen LogP contribution >= 0.6 is 15.9 Å². The van der Waals surface area contributed by atoms with Gasteiger partial charge in [0.15, 0.2) is 11.6 Å². The van der Waals surface area contributed by atoms with Crippen molar-refractivity contribution < 1.29 is 34.1 Å². The van der Waals surface area contributed by atoms with Gasteiger partial charge in [-0.05, 0) is 66.6 Å². The number of carbonyl (C=O) groups excluding carboxylic acids is 3. The molecule has 0 aromatic heterocycles. The lowest BCUT2D eigenvalue weighted by molar-refractivity contribution is -0.218. The lowest BCUT2D eigenvalue weighted by Gasteiger charge is -2.39. The van der Waals surface area contributed by atoms with Crippen molar-refractivity contribution in [3.63, 3.8) is 0 Å². The second kappa shape index (κ2) is 12.2. The number of halogens is 1. The summed E-state index contributed by atoms with van der Waals surface area (Å²) in [6.07, 6.45) is 2.43. The van der Waals surface area contributed by atoms with Crippen LogP contribution in [-0.4, -0.2) is 63.0 Å². The Morgan fingerprint density at radius 2 is 1.76 bits per heavy atom. The number of hydrogen-bond donors (Lipinski definition) is 2. The third kappa shape index (κ3) is 6.69. The van der Waals surface area contributed by atoms with Crippen LogP contribution < -0.4 is 0 Å². The van der Waals surface area contributed by atoms with Crippen LogP contribution in [0.2, 0.25) is 0 Å². The lowest BCUT2D eigenvalue weighted by atomic mass is 9.85. The van der Waals surface area contributed by atoms with Crippen LogP contribution in [0.25, 0.3) is 0 Å². The molecule has 1 aromatic carbocycles. The fraction of sp³-hybridized carbons (Fsp3) is 0.607. The maximum Gasteiger partial charge on any atom is 0.417 e. The van der Waals surface area contributed by atoms with Crippen molar-refractivity contribution >= 4 is 33.7 Å². The quantitative estimate of drug-likeness (QED) is 0.371. The van der Waals surface area contributed by atoms with Gasteiger partial charge in [0.05, 0.1) is 16.4 Å². The van der Waals surface area contributed by atoms with Crippen molar-refractivity contribution in [2.45, 2.75) is 89.8 Å². The number of cyclic esters (lactones) is 1. The molecule has 1 fully saturated rings. The number of unbranched alkanes of at least 4 members (excludes halogenated alkanes) is 3. The SMILES string of the molecule is CC(C)C1N(C(=O)C(Cc2ccccc2)C2OC(O)(CCCCCCO)C(Br)=CC2=O)C(=O)OC1(C)C. The maximum atomic E-state index is 14.1. The van der Waals surface area contributed by atoms with E-state index in [1.54, 1.807) is 13.8 Å². The number of benzene rings is 1. The normalized spacial score (nSPS) is 26.3. The molecule has 37 heavy (non-hydrogen) atoms. The molecule has 2 N–H and O–H groups in total. The van der Waals surface area contributed by atoms with E-state index in [4.69, 9.17) is 14.6 Å². The van der Waals surface area contributed by atoms with Gasteiger partial charge in [-0.25, -0.2) is 9.69 Å². The average Bonchev–Trinajstić information content (AvgIpc) is 3.08. The summed E-state index contributed by atoms with van der Waals surface area (Å²) >= 11 is 3.29. The van der Waals surface area contributed by atoms with Crippen LogP contribution in [0.4, 0.5) is 4.79 Å². The zero-order valence-corrected chi connectivity index (χ0v) is 23.6. The Morgan fingerprint density at radius 1 is 1.11 bits per heavy atom. The first-order valence-electron chi connectivity index (χ1n) is 12.9. The van der Waals surface area contributed by atoms with Gasteiger partial charge in [0.25, 0.3) is 0 Å². The summed E-state index contributed by atoms with van der Waals surface area (Å²) in [6, 6.07) is 8.69. The van der Waals surface area contributed by atoms with E-state index < -0.39 is 47.2 Å². The second-order valence-electron chi connectivity index (χ2n) is 10.8. The Bertz CT molecular complexity index is 1010. The highest BCUT2D eigenvalue weighted by molar-refractivity contribution is 9.11. The number of ether oxygens (including phenoxy) is 2. The fourth-order valence-electron chi connectivity index (χ4n) is 5.39. The predicted molar refractivity (Wildman–Crippen MR) is 142 cm³/mol. The molecule has 2 aliphatic heterocycles. The van der Waals surface area contributed by atoms with E-state index in [9.17, 15) is 19.5 Å². The standard InChI is InChI=1S/C28H38BrNO7/c1-18(2)24-27(3,4)37-26(34)30(24)25(33)20(16-19-12-8-7-9-13-19)23-21(32)17-22(29)28(35,36-23)14-10-5-6-11-15-31/h7-9,12-13,17-18,20,23-24,31,35H,5-6,10-11,14-16H2,1-4H3. The zero-order valence-electron chi connectivity index (χ0n) is 22.0. The molecule has 0 aliphatic carbocycles. The monoisotopic (exact) mass is 579 g/mol. The molecule has 2 amide bonds. The van der Waals surface area contributed by atoms with Crippen molar-refractivity contribution in [2.75, 3.05) is 6.61 Å². The molecule has 2 heterocycles. The van der Waals surface area contributed by atoms with Crippen molar-refractivity contribution in [2.24, 2.45) is 11.8 Å². The Morgan fingerprint density at radius 3 is 2.38 bits per heavy atom. The van der Waals surface area contributed by atoms with E-state index >= 15 is 0 Å². The van der Waals surface area contributed by atoms with Gasteiger partial charge in [0, 0.05) is 13.0 Å². The highest BCUT2D eigenvalue weighted by Gasteiger charge is 2.55. The number of amides is 2. The van der Waals surface area contributed by atoms with Gasteiger partial charge in [-0.3, -0.25) is 9.59 Å². The summed E-state index contributed by atoms with van der Waals surface area (Å²) in [5.41, 5.74) is -0.0974. The van der Waals surface area contributed by atoms with E-state index in [1.807, 2.05) is 44.2 Å². The molecule has 0 radical (unpaired) electrons. The number of aliphatic hydroxyl groups excluding tert-OH is 1. The first-order valence-corrected chi connectivity index (χ1v) is 13.7. The highest BCUT2D eigenvalue weighted by atomic mass is 79.9. The van der Waals surface area contributed by atoms with Crippen LogP contribution in [0, 0.1) is 11.8 Å². The molecule has 4 unspecified atom stereocenters. The highest BCUT2D eigenvalue weighted by Crippen LogP contribution is 2.40. The van der Waals surface area contributed by atoms with Gasteiger partial charge < -0.3 is 19.7 Å². The van der Waals surface area contributed by atoms with Gasteiger partial charge in [-0.15, -0.1) is 0 Å². The van der Waals surface area contributed by atoms with Crippen LogP contribution in [0.1, 0.15) is 65.4 Å². The molecule has 2 aliphatic rings. The Balaban J connectivity index is 1.94. The first-order chi connectivity index (χ1) is 17.4. The largest absolute Gasteiger partial charge is 0.441 e. The minimum absolute atomic E-state index is 0.0874. The number of ketones is 1. The molecule has 4 atom stereocenters. The van der Waals surface area contributed by atoms with E-state index in [0.717, 1.165) is 23.3 Å². The molecule has 9 heteroatoms. The minimum Gasteiger partial charge on any atom is -0.441 e. The molecule has 0 spiro atoms. The van der Waals surface area contributed by atoms with Crippen LogP contribution in [-0.2, 0) is 25.5 Å². The second-order valence-corrected chi connectivity index (χ2v) is 11.6. The van der Waals surface area contributed by atoms with Crippen LogP contribution in [0.3, 0.4) is 0 Å². The first kappa shape index (κ1) is 29.5. The topological polar surface area (TPSA) is 113 Å². The minimum atomic E-state index is -1.78. The van der Waals surface area contributed by atoms with E-state index in [2.05, 4.69) is 15.9 Å². The number of aliphatic hydroxyl groups is 2. The summed E-state index contributed by atoms with van der Waals surface area (Å²) < 4.78 is 11.8. The Labute approximate surface area is 227 Å². The smallest absolute Gasteiger partial charge is 0.417 e. The maximum absolute atomic E-state index is 14.1. The molecular weight excluding hydrogens is 542 g/mol. The van der Waals surface area contributed by atoms with Crippen molar-refractivity contribution in [3.8, 4) is 0 Å². The van der Waals surface area contributed by atoms with Gasteiger partial charge in [-0.1, -0.05) is 57.0 Å². The van der Waals surface area contributed by atoms with Crippen molar-refractivity contribution in [1.82, 2.24) is 4.90 Å². The number of imide groups is 1.